The van der Waals surface area contributed by atoms with E-state index in [1.807, 2.05) is 47.4 Å². The molecule has 2 atom stereocenters. The molecular formula is C24H28FN3O. The normalized spacial score (nSPS) is 19.4. The van der Waals surface area contributed by atoms with E-state index in [1.54, 1.807) is 0 Å². The van der Waals surface area contributed by atoms with Crippen LogP contribution in [0.5, 0.6) is 0 Å². The first kappa shape index (κ1) is 19.6. The number of H-pyrrole nitrogens is 1. The van der Waals surface area contributed by atoms with Crippen LogP contribution in [-0.4, -0.2) is 34.4 Å². The molecule has 1 heterocycles. The highest BCUT2D eigenvalue weighted by molar-refractivity contribution is 5.98. The van der Waals surface area contributed by atoms with Crippen LogP contribution >= 0.6 is 0 Å². The third-order valence-corrected chi connectivity index (χ3v) is 5.96. The summed E-state index contributed by atoms with van der Waals surface area (Å²) in [5, 5.41) is 4.66. The number of hydrogen-bond acceptors (Lipinski definition) is 2. The van der Waals surface area contributed by atoms with Gasteiger partial charge in [0, 0.05) is 36.1 Å². The molecule has 4 nitrogen and oxygen atoms in total. The van der Waals surface area contributed by atoms with Crippen LogP contribution in [0.3, 0.4) is 0 Å². The highest BCUT2D eigenvalue weighted by Crippen LogP contribution is 2.26. The van der Waals surface area contributed by atoms with E-state index in [1.165, 1.54) is 12.1 Å². The number of aromatic nitrogens is 1. The van der Waals surface area contributed by atoms with Crippen molar-refractivity contribution >= 4 is 16.8 Å². The van der Waals surface area contributed by atoms with Gasteiger partial charge < -0.3 is 15.2 Å². The Hall–Kier alpha value is -2.66. The number of hydrogen-bond donors (Lipinski definition) is 2. The van der Waals surface area contributed by atoms with Crippen molar-refractivity contribution in [1.82, 2.24) is 15.2 Å². The molecule has 0 radical (unpaired) electrons. The van der Waals surface area contributed by atoms with Crippen LogP contribution in [0, 0.1) is 5.82 Å². The molecule has 3 aromatic rings. The van der Waals surface area contributed by atoms with Gasteiger partial charge in [0.15, 0.2) is 0 Å². The highest BCUT2D eigenvalue weighted by Gasteiger charge is 2.29. The second kappa shape index (κ2) is 8.78. The van der Waals surface area contributed by atoms with Crippen molar-refractivity contribution in [2.45, 2.75) is 51.2 Å². The average Bonchev–Trinajstić information content (AvgIpc) is 3.18. The molecule has 1 aliphatic rings. The first-order valence-corrected chi connectivity index (χ1v) is 10.5. The van der Waals surface area contributed by atoms with Crippen LogP contribution in [0.15, 0.2) is 54.6 Å². The fourth-order valence-electron chi connectivity index (χ4n) is 4.41. The molecule has 1 amide bonds. The van der Waals surface area contributed by atoms with E-state index < -0.39 is 0 Å². The number of para-hydroxylation sites is 1. The lowest BCUT2D eigenvalue weighted by Gasteiger charge is -2.37. The molecule has 0 saturated heterocycles. The number of carbonyl (C=O) groups excluding carboxylic acids is 1. The Morgan fingerprint density at radius 2 is 1.97 bits per heavy atom. The van der Waals surface area contributed by atoms with Gasteiger partial charge in [-0.3, -0.25) is 4.79 Å². The molecule has 0 spiro atoms. The summed E-state index contributed by atoms with van der Waals surface area (Å²) >= 11 is 0. The molecule has 29 heavy (non-hydrogen) atoms. The Balaban J connectivity index is 1.41. The summed E-state index contributed by atoms with van der Waals surface area (Å²) in [6.45, 7) is 3.47. The Labute approximate surface area is 171 Å². The Kier molecular flexibility index (Phi) is 5.95. The Morgan fingerprint density at radius 1 is 1.17 bits per heavy atom. The number of amides is 1. The largest absolute Gasteiger partial charge is 0.351 e. The van der Waals surface area contributed by atoms with Gasteiger partial charge in [-0.25, -0.2) is 4.39 Å². The van der Waals surface area contributed by atoms with E-state index in [4.69, 9.17) is 0 Å². The van der Waals surface area contributed by atoms with Crippen LogP contribution in [0.1, 0.15) is 48.7 Å². The maximum Gasteiger partial charge on any atom is 0.270 e. The summed E-state index contributed by atoms with van der Waals surface area (Å²) in [5.74, 6) is -0.131. The van der Waals surface area contributed by atoms with E-state index in [2.05, 4.69) is 17.2 Å². The van der Waals surface area contributed by atoms with Crippen LogP contribution in [-0.2, 0) is 6.54 Å². The molecule has 0 aliphatic heterocycles. The molecule has 1 saturated carbocycles. The van der Waals surface area contributed by atoms with Gasteiger partial charge >= 0.3 is 0 Å². The standard InChI is InChI=1S/C24H28FN3O/c1-2-28(24(29)23-14-18-6-3-4-9-22(18)27-23)21-8-5-7-20(15-21)26-16-17-10-12-19(25)13-11-17/h3-4,6,9-14,20-21,26-27H,2,5,7-8,15-16H2,1H3/t20-,21?/m1/s1. The summed E-state index contributed by atoms with van der Waals surface area (Å²) in [6, 6.07) is 17.2. The summed E-state index contributed by atoms with van der Waals surface area (Å²) < 4.78 is 13.1. The number of nitrogens with one attached hydrogen (secondary N) is 2. The number of carbonyl (C=O) groups is 1. The number of nitrogens with zero attached hydrogens (tertiary/aromatic N) is 1. The molecule has 1 aliphatic carbocycles. The second-order valence-corrected chi connectivity index (χ2v) is 7.89. The maximum absolute atomic E-state index is 13.2. The predicted molar refractivity (Wildman–Crippen MR) is 114 cm³/mol. The second-order valence-electron chi connectivity index (χ2n) is 7.89. The molecule has 2 N–H and O–H groups in total. The van der Waals surface area contributed by atoms with Crippen LogP contribution in [0.4, 0.5) is 4.39 Å². The number of aromatic amines is 1. The Bertz CT molecular complexity index is 933. The fourth-order valence-corrected chi connectivity index (χ4v) is 4.41. The number of rotatable bonds is 6. The number of benzene rings is 2. The molecule has 5 heteroatoms. The zero-order valence-corrected chi connectivity index (χ0v) is 16.8. The van der Waals surface area contributed by atoms with E-state index in [9.17, 15) is 9.18 Å². The minimum absolute atomic E-state index is 0.0767. The van der Waals surface area contributed by atoms with Gasteiger partial charge in [-0.2, -0.15) is 0 Å². The van der Waals surface area contributed by atoms with Crippen molar-refractivity contribution in [3.05, 3.63) is 71.7 Å². The van der Waals surface area contributed by atoms with Gasteiger partial charge in [-0.15, -0.1) is 0 Å². The molecule has 1 unspecified atom stereocenters. The third-order valence-electron chi connectivity index (χ3n) is 5.96. The SMILES string of the molecule is CCN(C(=O)c1cc2ccccc2[nH]1)C1CCC[C@@H](NCc2ccc(F)cc2)C1. The molecule has 1 fully saturated rings. The van der Waals surface area contributed by atoms with Gasteiger partial charge in [-0.1, -0.05) is 30.3 Å². The van der Waals surface area contributed by atoms with Gasteiger partial charge in [0.2, 0.25) is 0 Å². The van der Waals surface area contributed by atoms with Crippen molar-refractivity contribution in [3.63, 3.8) is 0 Å². The van der Waals surface area contributed by atoms with Crippen molar-refractivity contribution in [2.75, 3.05) is 6.54 Å². The maximum atomic E-state index is 13.2. The van der Waals surface area contributed by atoms with E-state index in [0.29, 0.717) is 18.3 Å². The number of halogens is 1. The lowest BCUT2D eigenvalue weighted by atomic mass is 9.89. The molecule has 1 aromatic heterocycles. The Morgan fingerprint density at radius 3 is 2.72 bits per heavy atom. The van der Waals surface area contributed by atoms with Crippen molar-refractivity contribution in [2.24, 2.45) is 0 Å². The lowest BCUT2D eigenvalue weighted by molar-refractivity contribution is 0.0623. The summed E-state index contributed by atoms with van der Waals surface area (Å²) in [4.78, 5) is 18.5. The minimum Gasteiger partial charge on any atom is -0.351 e. The monoisotopic (exact) mass is 393 g/mol. The van der Waals surface area contributed by atoms with Gasteiger partial charge in [-0.05, 0) is 62.4 Å². The summed E-state index contributed by atoms with van der Waals surface area (Å²) in [7, 11) is 0. The van der Waals surface area contributed by atoms with Gasteiger partial charge in [0.05, 0.1) is 0 Å². The topological polar surface area (TPSA) is 48.1 Å². The van der Waals surface area contributed by atoms with E-state index >= 15 is 0 Å². The lowest BCUT2D eigenvalue weighted by Crippen LogP contribution is -2.46. The van der Waals surface area contributed by atoms with Gasteiger partial charge in [0.25, 0.3) is 5.91 Å². The highest BCUT2D eigenvalue weighted by atomic mass is 19.1. The third kappa shape index (κ3) is 4.51. The smallest absolute Gasteiger partial charge is 0.270 e. The average molecular weight is 394 g/mol. The summed E-state index contributed by atoms with van der Waals surface area (Å²) in [5.41, 5.74) is 2.74. The zero-order valence-electron chi connectivity index (χ0n) is 16.8. The van der Waals surface area contributed by atoms with Crippen LogP contribution in [0.2, 0.25) is 0 Å². The van der Waals surface area contributed by atoms with Gasteiger partial charge in [0.1, 0.15) is 11.5 Å². The molecule has 152 valence electrons. The van der Waals surface area contributed by atoms with E-state index in [-0.39, 0.29) is 17.8 Å². The minimum atomic E-state index is -0.208. The summed E-state index contributed by atoms with van der Waals surface area (Å²) in [6.07, 6.45) is 4.19. The molecule has 4 rings (SSSR count). The molecule has 0 bridgehead atoms. The first-order valence-electron chi connectivity index (χ1n) is 10.5. The van der Waals surface area contributed by atoms with Crippen LogP contribution < -0.4 is 5.32 Å². The fraction of sp³-hybridized carbons (Fsp3) is 0.375. The molecule has 2 aromatic carbocycles. The zero-order chi connectivity index (χ0) is 20.2. The van der Waals surface area contributed by atoms with E-state index in [0.717, 1.165) is 48.7 Å². The van der Waals surface area contributed by atoms with Crippen LogP contribution in [0.25, 0.3) is 10.9 Å². The quantitative estimate of drug-likeness (QED) is 0.628. The first-order chi connectivity index (χ1) is 14.1. The van der Waals surface area contributed by atoms with Crippen molar-refractivity contribution in [1.29, 1.82) is 0 Å². The van der Waals surface area contributed by atoms with Crippen molar-refractivity contribution < 1.29 is 9.18 Å². The molecular weight excluding hydrogens is 365 g/mol. The predicted octanol–water partition coefficient (Wildman–Crippen LogP) is 4.87. The van der Waals surface area contributed by atoms with Crippen molar-refractivity contribution in [3.8, 4) is 0 Å². The number of fused-ring (bicyclic) bond motifs is 1.